The molecule has 2 amide bonds. The number of tetrazole rings is 1. The van der Waals surface area contributed by atoms with Gasteiger partial charge in [0.1, 0.15) is 11.8 Å². The van der Waals surface area contributed by atoms with E-state index in [-0.39, 0.29) is 24.1 Å². The van der Waals surface area contributed by atoms with E-state index in [1.165, 1.54) is 4.80 Å². The van der Waals surface area contributed by atoms with E-state index < -0.39 is 0 Å². The zero-order chi connectivity index (χ0) is 21.5. The van der Waals surface area contributed by atoms with E-state index in [2.05, 4.69) is 31.8 Å². The minimum atomic E-state index is -0.366. The molecule has 3 aromatic rings. The number of hydrogen-bond acceptors (Lipinski definition) is 7. The van der Waals surface area contributed by atoms with Crippen LogP contribution in [0.1, 0.15) is 18.9 Å². The smallest absolute Gasteiger partial charge is 0.415 e. The molecular formula is C21H21N7O3. The van der Waals surface area contributed by atoms with Crippen LogP contribution in [-0.2, 0) is 23.0 Å². The first-order valence-electron chi connectivity index (χ1n) is 10.1. The Morgan fingerprint density at radius 2 is 2.10 bits per heavy atom. The van der Waals surface area contributed by atoms with Crippen molar-refractivity contribution in [3.05, 3.63) is 42.1 Å². The molecule has 0 unspecified atom stereocenters. The Kier molecular flexibility index (Phi) is 4.61. The number of aryl methyl sites for hydroxylation is 1. The number of aromatic nitrogens is 5. The highest BCUT2D eigenvalue weighted by Gasteiger charge is 2.47. The van der Waals surface area contributed by atoms with Gasteiger partial charge in [0.25, 0.3) is 0 Å². The number of anilines is 1. The van der Waals surface area contributed by atoms with Crippen LogP contribution >= 0.6 is 0 Å². The quantitative estimate of drug-likeness (QED) is 0.669. The second kappa shape index (κ2) is 7.46. The van der Waals surface area contributed by atoms with E-state index >= 15 is 0 Å². The number of fused-ring (bicyclic) bond motifs is 3. The predicted molar refractivity (Wildman–Crippen MR) is 111 cm³/mol. The van der Waals surface area contributed by atoms with E-state index in [0.29, 0.717) is 30.9 Å². The third kappa shape index (κ3) is 3.39. The lowest BCUT2D eigenvalue weighted by Crippen LogP contribution is -2.40. The average molecular weight is 419 g/mol. The summed E-state index contributed by atoms with van der Waals surface area (Å²) in [4.78, 5) is 31.6. The molecule has 10 nitrogen and oxygen atoms in total. The Balaban J connectivity index is 1.36. The Morgan fingerprint density at radius 3 is 2.81 bits per heavy atom. The van der Waals surface area contributed by atoms with Gasteiger partial charge in [-0.3, -0.25) is 14.7 Å². The summed E-state index contributed by atoms with van der Waals surface area (Å²) >= 11 is 0. The van der Waals surface area contributed by atoms with E-state index in [1.54, 1.807) is 25.1 Å². The van der Waals surface area contributed by atoms with Gasteiger partial charge in [0.2, 0.25) is 11.7 Å². The second-order valence-corrected chi connectivity index (χ2v) is 7.60. The van der Waals surface area contributed by atoms with Gasteiger partial charge in [-0.05, 0) is 41.0 Å². The fraction of sp³-hybridized carbons (Fsp3) is 0.333. The molecule has 0 saturated carbocycles. The number of cyclic esters (lactones) is 1. The maximum atomic E-state index is 12.4. The van der Waals surface area contributed by atoms with Gasteiger partial charge in [-0.25, -0.2) is 4.79 Å². The normalized spacial score (nSPS) is 19.2. The summed E-state index contributed by atoms with van der Waals surface area (Å²) in [5, 5.41) is 14.8. The van der Waals surface area contributed by atoms with Crippen molar-refractivity contribution in [1.29, 1.82) is 0 Å². The molecule has 2 aliphatic heterocycles. The average Bonchev–Trinajstić information content (AvgIpc) is 3.46. The van der Waals surface area contributed by atoms with Crippen molar-refractivity contribution in [2.24, 2.45) is 7.05 Å². The fourth-order valence-electron chi connectivity index (χ4n) is 4.06. The van der Waals surface area contributed by atoms with Crippen LogP contribution in [-0.4, -0.2) is 55.9 Å². The van der Waals surface area contributed by atoms with Gasteiger partial charge in [-0.1, -0.05) is 19.1 Å². The number of pyridine rings is 1. The minimum Gasteiger partial charge on any atom is -0.442 e. The van der Waals surface area contributed by atoms with Crippen molar-refractivity contribution < 1.29 is 14.3 Å². The minimum absolute atomic E-state index is 0.0556. The van der Waals surface area contributed by atoms with Crippen LogP contribution < -0.4 is 10.2 Å². The summed E-state index contributed by atoms with van der Waals surface area (Å²) in [6, 6.07) is 9.71. The molecular weight excluding hydrogens is 398 g/mol. The standard InChI is InChI=1S/C21H21N7O3/c1-3-19(29)23-11-18-17-9-14-8-12(5-7-16(14)28(17)21(30)31-18)13-4-6-15(22-10-13)20-24-26-27(2)25-20/h4-8,10,17-18H,3,9,11H2,1-2H3,(H,23,29)/t17-,18-/m0/s1. The third-order valence-electron chi connectivity index (χ3n) is 5.63. The summed E-state index contributed by atoms with van der Waals surface area (Å²) in [6.45, 7) is 2.11. The highest BCUT2D eigenvalue weighted by molar-refractivity contribution is 5.94. The summed E-state index contributed by atoms with van der Waals surface area (Å²) in [5.74, 6) is 0.420. The third-order valence-corrected chi connectivity index (χ3v) is 5.63. The van der Waals surface area contributed by atoms with E-state index in [9.17, 15) is 9.59 Å². The highest BCUT2D eigenvalue weighted by atomic mass is 16.6. The Morgan fingerprint density at radius 1 is 1.26 bits per heavy atom. The van der Waals surface area contributed by atoms with Crippen LogP contribution in [0.25, 0.3) is 22.6 Å². The number of amides is 2. The van der Waals surface area contributed by atoms with Gasteiger partial charge in [0.15, 0.2) is 0 Å². The molecule has 0 bridgehead atoms. The molecule has 2 aliphatic rings. The van der Waals surface area contributed by atoms with Crippen LogP contribution in [0, 0.1) is 0 Å². The first-order valence-corrected chi connectivity index (χ1v) is 10.1. The Labute approximate surface area is 178 Å². The van der Waals surface area contributed by atoms with Gasteiger partial charge in [0.05, 0.1) is 25.3 Å². The molecule has 10 heteroatoms. The largest absolute Gasteiger partial charge is 0.442 e. The SMILES string of the molecule is CCC(=O)NC[C@@H]1OC(=O)N2c3ccc(-c4ccc(-c5nnn(C)n5)nc4)cc3C[C@@H]12. The van der Waals surface area contributed by atoms with Gasteiger partial charge in [-0.15, -0.1) is 10.2 Å². The monoisotopic (exact) mass is 419 g/mol. The van der Waals surface area contributed by atoms with Gasteiger partial charge >= 0.3 is 6.09 Å². The number of ether oxygens (including phenoxy) is 1. The molecule has 1 N–H and O–H groups in total. The van der Waals surface area contributed by atoms with Crippen LogP contribution in [0.15, 0.2) is 36.5 Å². The molecule has 1 saturated heterocycles. The van der Waals surface area contributed by atoms with E-state index in [0.717, 1.165) is 22.4 Å². The Bertz CT molecular complexity index is 1160. The number of carbonyl (C=O) groups excluding carboxylic acids is 2. The number of nitrogens with zero attached hydrogens (tertiary/aromatic N) is 6. The molecule has 0 radical (unpaired) electrons. The summed E-state index contributed by atoms with van der Waals surface area (Å²) < 4.78 is 5.50. The molecule has 158 valence electrons. The molecule has 0 aliphatic carbocycles. The zero-order valence-corrected chi connectivity index (χ0v) is 17.1. The molecule has 1 aromatic carbocycles. The topological polar surface area (TPSA) is 115 Å². The lowest BCUT2D eigenvalue weighted by Gasteiger charge is -2.16. The van der Waals surface area contributed by atoms with Crippen LogP contribution in [0.3, 0.4) is 0 Å². The van der Waals surface area contributed by atoms with Crippen LogP contribution in [0.2, 0.25) is 0 Å². The zero-order valence-electron chi connectivity index (χ0n) is 17.1. The predicted octanol–water partition coefficient (Wildman–Crippen LogP) is 1.72. The van der Waals surface area contributed by atoms with E-state index in [4.69, 9.17) is 4.74 Å². The molecule has 2 aromatic heterocycles. The Hall–Kier alpha value is -3.82. The highest BCUT2D eigenvalue weighted by Crippen LogP contribution is 2.40. The number of carbonyl (C=O) groups is 2. The van der Waals surface area contributed by atoms with E-state index in [1.807, 2.05) is 24.3 Å². The van der Waals surface area contributed by atoms with Crippen molar-refractivity contribution in [3.8, 4) is 22.6 Å². The van der Waals surface area contributed by atoms with Crippen molar-refractivity contribution in [1.82, 2.24) is 30.5 Å². The number of benzene rings is 1. The second-order valence-electron chi connectivity index (χ2n) is 7.60. The molecule has 2 atom stereocenters. The number of hydrogen-bond donors (Lipinski definition) is 1. The van der Waals surface area contributed by atoms with Crippen molar-refractivity contribution in [2.75, 3.05) is 11.4 Å². The van der Waals surface area contributed by atoms with Crippen LogP contribution in [0.5, 0.6) is 0 Å². The molecule has 31 heavy (non-hydrogen) atoms. The van der Waals surface area contributed by atoms with Gasteiger partial charge in [-0.2, -0.15) is 4.80 Å². The first kappa shape index (κ1) is 19.2. The maximum Gasteiger partial charge on any atom is 0.415 e. The lowest BCUT2D eigenvalue weighted by molar-refractivity contribution is -0.121. The molecule has 5 rings (SSSR count). The maximum absolute atomic E-state index is 12.4. The molecule has 0 spiro atoms. The van der Waals surface area contributed by atoms with Gasteiger partial charge < -0.3 is 10.1 Å². The van der Waals surface area contributed by atoms with Crippen molar-refractivity contribution >= 4 is 17.7 Å². The lowest BCUT2D eigenvalue weighted by atomic mass is 10.0. The van der Waals surface area contributed by atoms with Crippen molar-refractivity contribution in [2.45, 2.75) is 31.9 Å². The summed E-state index contributed by atoms with van der Waals surface area (Å²) in [7, 11) is 1.71. The number of nitrogens with one attached hydrogen (secondary N) is 1. The summed E-state index contributed by atoms with van der Waals surface area (Å²) in [5.41, 5.74) is 4.55. The van der Waals surface area contributed by atoms with Gasteiger partial charge in [0, 0.05) is 18.2 Å². The molecule has 1 fully saturated rings. The fourth-order valence-corrected chi connectivity index (χ4v) is 4.06. The first-order chi connectivity index (χ1) is 15.0. The summed E-state index contributed by atoms with van der Waals surface area (Å²) in [6.07, 6.45) is 2.13. The van der Waals surface area contributed by atoms with Crippen LogP contribution in [0.4, 0.5) is 10.5 Å². The molecule has 4 heterocycles. The number of rotatable bonds is 5. The van der Waals surface area contributed by atoms with Crippen molar-refractivity contribution in [3.63, 3.8) is 0 Å².